The number of hydrogen-bond donors (Lipinski definition) is 2. The van der Waals surface area contributed by atoms with Crippen LogP contribution in [-0.2, 0) is 4.79 Å². The Morgan fingerprint density at radius 3 is 2.67 bits per heavy atom. The van der Waals surface area contributed by atoms with Crippen molar-refractivity contribution in [2.24, 2.45) is 5.92 Å². The maximum Gasteiger partial charge on any atom is 0.224 e. The summed E-state index contributed by atoms with van der Waals surface area (Å²) in [6.07, 6.45) is 2.87. The predicted octanol–water partition coefficient (Wildman–Crippen LogP) is 2.75. The van der Waals surface area contributed by atoms with Crippen molar-refractivity contribution in [3.05, 3.63) is 29.8 Å². The number of piperidine rings is 1. The minimum Gasteiger partial charge on any atom is -0.326 e. The molecule has 1 amide bonds. The molecule has 1 fully saturated rings. The third-order valence-electron chi connectivity index (χ3n) is 3.35. The summed E-state index contributed by atoms with van der Waals surface area (Å²) in [6.45, 7) is 4.10. The molecule has 0 atom stereocenters. The van der Waals surface area contributed by atoms with Crippen molar-refractivity contribution in [2.75, 3.05) is 18.4 Å². The third kappa shape index (κ3) is 4.31. The number of carbonyl (C=O) groups is 1. The number of carbonyl (C=O) groups excluding carboxylic acids is 1. The maximum atomic E-state index is 11.9. The van der Waals surface area contributed by atoms with Crippen molar-refractivity contribution in [3.63, 3.8) is 0 Å². The van der Waals surface area contributed by atoms with Crippen LogP contribution in [0.3, 0.4) is 0 Å². The van der Waals surface area contributed by atoms with Gasteiger partial charge in [0.15, 0.2) is 0 Å². The molecule has 1 aliphatic rings. The minimum absolute atomic E-state index is 0. The Kier molecular flexibility index (Phi) is 6.16. The van der Waals surface area contributed by atoms with Crippen molar-refractivity contribution >= 4 is 24.0 Å². The van der Waals surface area contributed by atoms with Gasteiger partial charge in [-0.05, 0) is 50.4 Å². The van der Waals surface area contributed by atoms with Gasteiger partial charge in [-0.25, -0.2) is 0 Å². The van der Waals surface area contributed by atoms with E-state index in [2.05, 4.69) is 10.6 Å². The van der Waals surface area contributed by atoms with Crippen LogP contribution in [0, 0.1) is 12.8 Å². The van der Waals surface area contributed by atoms with Gasteiger partial charge in [-0.2, -0.15) is 0 Å². The van der Waals surface area contributed by atoms with Gasteiger partial charge in [0.1, 0.15) is 0 Å². The zero-order valence-corrected chi connectivity index (χ0v) is 11.6. The average Bonchev–Trinajstić information content (AvgIpc) is 2.33. The van der Waals surface area contributed by atoms with Gasteiger partial charge in [0.05, 0.1) is 0 Å². The number of halogens is 1. The lowest BCUT2D eigenvalue weighted by Gasteiger charge is -2.22. The minimum atomic E-state index is 0. The van der Waals surface area contributed by atoms with Crippen molar-refractivity contribution in [1.29, 1.82) is 0 Å². The van der Waals surface area contributed by atoms with Gasteiger partial charge < -0.3 is 10.6 Å². The van der Waals surface area contributed by atoms with E-state index in [4.69, 9.17) is 0 Å². The molecule has 2 N–H and O–H groups in total. The predicted molar refractivity (Wildman–Crippen MR) is 77.3 cm³/mol. The van der Waals surface area contributed by atoms with Gasteiger partial charge in [0, 0.05) is 12.1 Å². The van der Waals surface area contributed by atoms with Crippen LogP contribution >= 0.6 is 12.4 Å². The topological polar surface area (TPSA) is 41.1 Å². The fourth-order valence-corrected chi connectivity index (χ4v) is 2.26. The van der Waals surface area contributed by atoms with Crippen LogP contribution in [0.15, 0.2) is 24.3 Å². The molecular formula is C14H21ClN2O. The Morgan fingerprint density at radius 2 is 2.00 bits per heavy atom. The fourth-order valence-electron chi connectivity index (χ4n) is 2.26. The second-order valence-corrected chi connectivity index (χ2v) is 4.76. The molecule has 0 spiro atoms. The van der Waals surface area contributed by atoms with Crippen LogP contribution < -0.4 is 10.6 Å². The van der Waals surface area contributed by atoms with Gasteiger partial charge >= 0.3 is 0 Å². The molecule has 0 saturated carbocycles. The highest BCUT2D eigenvalue weighted by Crippen LogP contribution is 2.18. The van der Waals surface area contributed by atoms with E-state index >= 15 is 0 Å². The lowest BCUT2D eigenvalue weighted by atomic mass is 9.94. The van der Waals surface area contributed by atoms with Crippen molar-refractivity contribution in [3.8, 4) is 0 Å². The van der Waals surface area contributed by atoms with E-state index in [0.717, 1.165) is 37.2 Å². The molecule has 0 aliphatic carbocycles. The highest BCUT2D eigenvalue weighted by Gasteiger charge is 2.16. The molecule has 1 aromatic carbocycles. The van der Waals surface area contributed by atoms with E-state index in [1.54, 1.807) is 0 Å². The number of benzene rings is 1. The van der Waals surface area contributed by atoms with Crippen molar-refractivity contribution in [2.45, 2.75) is 26.2 Å². The highest BCUT2D eigenvalue weighted by atomic mass is 35.5. The van der Waals surface area contributed by atoms with E-state index < -0.39 is 0 Å². The smallest absolute Gasteiger partial charge is 0.224 e. The first-order chi connectivity index (χ1) is 8.25. The summed E-state index contributed by atoms with van der Waals surface area (Å²) in [6, 6.07) is 7.90. The highest BCUT2D eigenvalue weighted by molar-refractivity contribution is 5.91. The normalized spacial score (nSPS) is 15.8. The second kappa shape index (κ2) is 7.39. The maximum absolute atomic E-state index is 11.9. The van der Waals surface area contributed by atoms with Gasteiger partial charge in [-0.1, -0.05) is 18.2 Å². The summed E-state index contributed by atoms with van der Waals surface area (Å²) in [7, 11) is 0. The Labute approximate surface area is 115 Å². The zero-order valence-electron chi connectivity index (χ0n) is 10.7. The number of para-hydroxylation sites is 1. The Hall–Kier alpha value is -1.06. The molecule has 1 heterocycles. The molecule has 3 nitrogen and oxygen atoms in total. The van der Waals surface area contributed by atoms with Crippen LogP contribution in [0.1, 0.15) is 24.8 Å². The second-order valence-electron chi connectivity index (χ2n) is 4.76. The Balaban J connectivity index is 0.00000162. The Bertz CT molecular complexity index is 389. The molecule has 100 valence electrons. The number of nitrogens with one attached hydrogen (secondary N) is 2. The van der Waals surface area contributed by atoms with E-state index in [0.29, 0.717) is 12.3 Å². The van der Waals surface area contributed by atoms with Gasteiger partial charge in [0.2, 0.25) is 5.91 Å². The molecule has 1 aliphatic heterocycles. The summed E-state index contributed by atoms with van der Waals surface area (Å²) in [4.78, 5) is 11.9. The third-order valence-corrected chi connectivity index (χ3v) is 3.35. The average molecular weight is 269 g/mol. The summed E-state index contributed by atoms with van der Waals surface area (Å²) >= 11 is 0. The quantitative estimate of drug-likeness (QED) is 0.885. The zero-order chi connectivity index (χ0) is 12.1. The molecule has 4 heteroatoms. The molecule has 18 heavy (non-hydrogen) atoms. The van der Waals surface area contributed by atoms with Crippen molar-refractivity contribution < 1.29 is 4.79 Å². The molecule has 0 radical (unpaired) electrons. The SMILES string of the molecule is Cc1ccccc1NC(=O)CC1CCNCC1.Cl. The lowest BCUT2D eigenvalue weighted by Crippen LogP contribution is -2.30. The number of anilines is 1. The molecular weight excluding hydrogens is 248 g/mol. The molecule has 1 aromatic rings. The largest absolute Gasteiger partial charge is 0.326 e. The fraction of sp³-hybridized carbons (Fsp3) is 0.500. The lowest BCUT2D eigenvalue weighted by molar-refractivity contribution is -0.117. The van der Waals surface area contributed by atoms with Crippen LogP contribution in [0.5, 0.6) is 0 Å². The van der Waals surface area contributed by atoms with Crippen LogP contribution in [0.25, 0.3) is 0 Å². The number of hydrogen-bond acceptors (Lipinski definition) is 2. The van der Waals surface area contributed by atoms with Crippen LogP contribution in [0.2, 0.25) is 0 Å². The first kappa shape index (κ1) is 15.0. The summed E-state index contributed by atoms with van der Waals surface area (Å²) in [5, 5.41) is 6.31. The number of amides is 1. The monoisotopic (exact) mass is 268 g/mol. The Morgan fingerprint density at radius 1 is 1.33 bits per heavy atom. The molecule has 0 bridgehead atoms. The molecule has 0 unspecified atom stereocenters. The van der Waals surface area contributed by atoms with Crippen LogP contribution in [-0.4, -0.2) is 19.0 Å². The molecule has 1 saturated heterocycles. The number of rotatable bonds is 3. The summed E-state index contributed by atoms with van der Waals surface area (Å²) in [5.41, 5.74) is 2.05. The van der Waals surface area contributed by atoms with Crippen molar-refractivity contribution in [1.82, 2.24) is 5.32 Å². The standard InChI is InChI=1S/C14H20N2O.ClH/c1-11-4-2-3-5-13(11)16-14(17)10-12-6-8-15-9-7-12;/h2-5,12,15H,6-10H2,1H3,(H,16,17);1H. The molecule has 2 rings (SSSR count). The molecule has 0 aromatic heterocycles. The first-order valence-corrected chi connectivity index (χ1v) is 6.32. The number of aryl methyl sites for hydroxylation is 1. The van der Waals surface area contributed by atoms with Gasteiger partial charge in [-0.15, -0.1) is 12.4 Å². The van der Waals surface area contributed by atoms with E-state index in [9.17, 15) is 4.79 Å². The summed E-state index contributed by atoms with van der Waals surface area (Å²) in [5.74, 6) is 0.687. The summed E-state index contributed by atoms with van der Waals surface area (Å²) < 4.78 is 0. The van der Waals surface area contributed by atoms with E-state index in [-0.39, 0.29) is 18.3 Å². The van der Waals surface area contributed by atoms with Gasteiger partial charge in [-0.3, -0.25) is 4.79 Å². The van der Waals surface area contributed by atoms with E-state index in [1.165, 1.54) is 0 Å². The van der Waals surface area contributed by atoms with E-state index in [1.807, 2.05) is 31.2 Å². The first-order valence-electron chi connectivity index (χ1n) is 6.32. The van der Waals surface area contributed by atoms with Gasteiger partial charge in [0.25, 0.3) is 0 Å². The van der Waals surface area contributed by atoms with Crippen LogP contribution in [0.4, 0.5) is 5.69 Å².